The molecule has 3 rings (SSSR count). The molecule has 0 radical (unpaired) electrons. The summed E-state index contributed by atoms with van der Waals surface area (Å²) in [6, 6.07) is 10.6. The average molecular weight is 414 g/mol. The number of benzene rings is 1. The van der Waals surface area contributed by atoms with Crippen molar-refractivity contribution < 1.29 is 8.78 Å². The van der Waals surface area contributed by atoms with Gasteiger partial charge in [0.15, 0.2) is 0 Å². The second-order valence-corrected chi connectivity index (χ2v) is 9.15. The summed E-state index contributed by atoms with van der Waals surface area (Å²) in [7, 11) is 0. The van der Waals surface area contributed by atoms with E-state index in [-0.39, 0.29) is 0 Å². The molecule has 0 saturated heterocycles. The number of aromatic nitrogens is 1. The lowest BCUT2D eigenvalue weighted by atomic mass is 9.77. The molecule has 0 unspecified atom stereocenters. The summed E-state index contributed by atoms with van der Waals surface area (Å²) in [5.74, 6) is 0.283. The van der Waals surface area contributed by atoms with Crippen molar-refractivity contribution in [3.8, 4) is 11.1 Å². The predicted molar refractivity (Wildman–Crippen MR) is 121 cm³/mol. The second-order valence-electron chi connectivity index (χ2n) is 9.15. The Bertz CT molecular complexity index is 748. The maximum Gasteiger partial charge on any atom is 0.223 e. The highest BCUT2D eigenvalue weighted by molar-refractivity contribution is 5.63. The van der Waals surface area contributed by atoms with Crippen molar-refractivity contribution in [2.75, 3.05) is 0 Å². The van der Waals surface area contributed by atoms with Crippen LogP contribution in [0.2, 0.25) is 0 Å². The first-order valence-corrected chi connectivity index (χ1v) is 12.1. The highest BCUT2D eigenvalue weighted by Gasteiger charge is 2.20. The maximum atomic E-state index is 13.9. The van der Waals surface area contributed by atoms with Crippen molar-refractivity contribution in [3.05, 3.63) is 53.9 Å². The van der Waals surface area contributed by atoms with Gasteiger partial charge in [-0.25, -0.2) is 0 Å². The maximum absolute atomic E-state index is 13.9. The van der Waals surface area contributed by atoms with E-state index < -0.39 is 11.9 Å². The minimum atomic E-state index is -0.783. The molecule has 1 saturated carbocycles. The van der Waals surface area contributed by atoms with Gasteiger partial charge < -0.3 is 0 Å². The van der Waals surface area contributed by atoms with Crippen molar-refractivity contribution in [1.29, 1.82) is 0 Å². The van der Waals surface area contributed by atoms with E-state index in [1.165, 1.54) is 94.7 Å². The van der Waals surface area contributed by atoms with Crippen LogP contribution in [0, 0.1) is 23.7 Å². The minimum absolute atomic E-state index is 0.353. The van der Waals surface area contributed by atoms with E-state index in [0.717, 1.165) is 23.8 Å². The molecule has 2 aromatic rings. The van der Waals surface area contributed by atoms with Crippen LogP contribution in [0.25, 0.3) is 11.1 Å². The largest absolute Gasteiger partial charge is 0.223 e. The molecular weight excluding hydrogens is 376 g/mol. The molecule has 164 valence electrons. The first-order chi connectivity index (χ1) is 14.7. The highest BCUT2D eigenvalue weighted by atomic mass is 19.1. The number of unbranched alkanes of at least 4 members (excludes halogenated alkanes) is 5. The number of rotatable bonds is 11. The van der Waals surface area contributed by atoms with Gasteiger partial charge in [-0.3, -0.25) is 0 Å². The minimum Gasteiger partial charge on any atom is -0.190 e. The van der Waals surface area contributed by atoms with Gasteiger partial charge in [0, 0.05) is 5.56 Å². The van der Waals surface area contributed by atoms with Crippen molar-refractivity contribution >= 4 is 0 Å². The lowest BCUT2D eigenvalue weighted by Crippen LogP contribution is -2.15. The Morgan fingerprint density at radius 1 is 0.767 bits per heavy atom. The van der Waals surface area contributed by atoms with Crippen molar-refractivity contribution in [3.63, 3.8) is 0 Å². The molecule has 3 heteroatoms. The smallest absolute Gasteiger partial charge is 0.190 e. The van der Waals surface area contributed by atoms with Crippen LogP contribution < -0.4 is 0 Å². The third kappa shape index (κ3) is 7.18. The molecule has 0 spiro atoms. The Morgan fingerprint density at radius 2 is 1.40 bits per heavy atom. The van der Waals surface area contributed by atoms with E-state index in [2.05, 4.69) is 24.0 Å². The third-order valence-electron chi connectivity index (χ3n) is 6.85. The number of nitrogens with zero attached hydrogens (tertiary/aromatic N) is 1. The summed E-state index contributed by atoms with van der Waals surface area (Å²) in [6.07, 6.45) is 17.8. The van der Waals surface area contributed by atoms with Crippen molar-refractivity contribution in [2.24, 2.45) is 11.8 Å². The van der Waals surface area contributed by atoms with Crippen molar-refractivity contribution in [1.82, 2.24) is 4.98 Å². The molecule has 1 aromatic heterocycles. The monoisotopic (exact) mass is 413 g/mol. The summed E-state index contributed by atoms with van der Waals surface area (Å²) in [4.78, 5) is 3.28. The molecule has 0 amide bonds. The Labute approximate surface area is 181 Å². The van der Waals surface area contributed by atoms with E-state index in [4.69, 9.17) is 0 Å². The fourth-order valence-corrected chi connectivity index (χ4v) is 4.87. The van der Waals surface area contributed by atoms with E-state index in [0.29, 0.717) is 5.56 Å². The molecule has 1 aliphatic carbocycles. The Kier molecular flexibility index (Phi) is 9.29. The predicted octanol–water partition coefficient (Wildman–Crippen LogP) is 8.52. The van der Waals surface area contributed by atoms with Gasteiger partial charge in [-0.05, 0) is 47.9 Å². The van der Waals surface area contributed by atoms with Gasteiger partial charge in [-0.2, -0.15) is 13.8 Å². The molecule has 30 heavy (non-hydrogen) atoms. The Morgan fingerprint density at radius 3 is 2.07 bits per heavy atom. The van der Waals surface area contributed by atoms with Crippen molar-refractivity contribution in [2.45, 2.75) is 90.4 Å². The summed E-state index contributed by atoms with van der Waals surface area (Å²) < 4.78 is 26.9. The number of hydrogen-bond acceptors (Lipinski definition) is 1. The number of aryl methyl sites for hydroxylation is 1. The molecule has 0 aliphatic heterocycles. The lowest BCUT2D eigenvalue weighted by molar-refractivity contribution is 0.248. The average Bonchev–Trinajstić information content (AvgIpc) is 2.76. The second kappa shape index (κ2) is 12.2. The molecule has 0 atom stereocenters. The number of halogens is 2. The Balaban J connectivity index is 1.35. The molecule has 1 nitrogen and oxygen atoms in total. The van der Waals surface area contributed by atoms with Crippen LogP contribution in [-0.2, 0) is 6.42 Å². The van der Waals surface area contributed by atoms with Crippen LogP contribution in [0.4, 0.5) is 8.78 Å². The highest BCUT2D eigenvalue weighted by Crippen LogP contribution is 2.34. The van der Waals surface area contributed by atoms with Gasteiger partial charge in [-0.15, -0.1) is 0 Å². The Hall–Kier alpha value is -1.77. The van der Waals surface area contributed by atoms with Gasteiger partial charge in [0.2, 0.25) is 11.9 Å². The van der Waals surface area contributed by atoms with Crippen LogP contribution in [-0.4, -0.2) is 4.98 Å². The standard InChI is InChI=1S/C27H37F2N/c1-2-3-4-5-6-7-8-21-9-11-22(12-10-21)13-14-23-15-17-24(18-16-23)25-19-20-26(28)30-27(25)29/h15-22H,2-14H2,1H3. The zero-order chi connectivity index (χ0) is 21.2. The summed E-state index contributed by atoms with van der Waals surface area (Å²) >= 11 is 0. The van der Waals surface area contributed by atoms with Gasteiger partial charge in [-0.1, -0.05) is 102 Å². The number of pyridine rings is 1. The van der Waals surface area contributed by atoms with E-state index >= 15 is 0 Å². The molecule has 1 aliphatic rings. The van der Waals surface area contributed by atoms with Gasteiger partial charge in [0.1, 0.15) is 0 Å². The van der Waals surface area contributed by atoms with E-state index in [1.54, 1.807) is 0 Å². The van der Waals surface area contributed by atoms with Crippen LogP contribution in [0.1, 0.15) is 89.5 Å². The molecule has 1 fully saturated rings. The normalized spacial score (nSPS) is 19.2. The van der Waals surface area contributed by atoms with Crippen LogP contribution in [0.3, 0.4) is 0 Å². The van der Waals surface area contributed by atoms with Gasteiger partial charge >= 0.3 is 0 Å². The SMILES string of the molecule is CCCCCCCCC1CCC(CCc2ccc(-c3ccc(F)nc3F)cc2)CC1. The van der Waals surface area contributed by atoms with Crippen LogP contribution in [0.5, 0.6) is 0 Å². The summed E-state index contributed by atoms with van der Waals surface area (Å²) in [5, 5.41) is 0. The quantitative estimate of drug-likeness (QED) is 0.266. The topological polar surface area (TPSA) is 12.9 Å². The zero-order valence-corrected chi connectivity index (χ0v) is 18.5. The first-order valence-electron chi connectivity index (χ1n) is 12.1. The lowest BCUT2D eigenvalue weighted by Gasteiger charge is -2.28. The van der Waals surface area contributed by atoms with Crippen LogP contribution >= 0.6 is 0 Å². The summed E-state index contributed by atoms with van der Waals surface area (Å²) in [6.45, 7) is 2.28. The molecule has 0 bridgehead atoms. The van der Waals surface area contributed by atoms with E-state index in [1.807, 2.05) is 12.1 Å². The molecular formula is C27H37F2N. The summed E-state index contributed by atoms with van der Waals surface area (Å²) in [5.41, 5.74) is 2.40. The fraction of sp³-hybridized carbons (Fsp3) is 0.593. The molecule has 0 N–H and O–H groups in total. The third-order valence-corrected chi connectivity index (χ3v) is 6.85. The van der Waals surface area contributed by atoms with Crippen LogP contribution in [0.15, 0.2) is 36.4 Å². The number of hydrogen-bond donors (Lipinski definition) is 0. The first kappa shape index (κ1) is 22.9. The zero-order valence-electron chi connectivity index (χ0n) is 18.5. The van der Waals surface area contributed by atoms with Gasteiger partial charge in [0.25, 0.3) is 0 Å². The fourth-order valence-electron chi connectivity index (χ4n) is 4.87. The van der Waals surface area contributed by atoms with E-state index in [9.17, 15) is 8.78 Å². The van der Waals surface area contributed by atoms with Gasteiger partial charge in [0.05, 0.1) is 0 Å². The molecule has 1 heterocycles. The molecule has 1 aromatic carbocycles.